The first kappa shape index (κ1) is 37.2. The molecular weight excluding hydrogens is 684 g/mol. The molecule has 0 aromatic heterocycles. The molecule has 19 heteroatoms. The second-order valence-corrected chi connectivity index (χ2v) is 13.1. The number of anilines is 2. The fourth-order valence-corrected chi connectivity index (χ4v) is 6.02. The third-order valence-electron chi connectivity index (χ3n) is 6.98. The van der Waals surface area contributed by atoms with Gasteiger partial charge in [0.05, 0.1) is 18.1 Å². The molecule has 4 aromatic rings. The summed E-state index contributed by atoms with van der Waals surface area (Å²) in [7, 11) is -9.16. The summed E-state index contributed by atoms with van der Waals surface area (Å²) < 4.78 is 76.1. The molecule has 0 spiro atoms. The highest BCUT2D eigenvalue weighted by atomic mass is 32.3. The first-order valence-electron chi connectivity index (χ1n) is 14.6. The largest absolute Gasteiger partial charge is 0.505 e. The van der Waals surface area contributed by atoms with Crippen molar-refractivity contribution in [3.8, 4) is 17.2 Å². The van der Waals surface area contributed by atoms with Gasteiger partial charge in [0.1, 0.15) is 63.2 Å². The van der Waals surface area contributed by atoms with Gasteiger partial charge in [0, 0.05) is 42.0 Å². The lowest BCUT2D eigenvalue weighted by molar-refractivity contribution is 0.198. The van der Waals surface area contributed by atoms with Gasteiger partial charge in [-0.2, -0.15) is 8.42 Å². The molecule has 0 amide bonds. The number of azo groups is 2. The van der Waals surface area contributed by atoms with Crippen molar-refractivity contribution in [2.45, 2.75) is 23.6 Å². The fraction of sp³-hybridized carbons (Fsp3) is 0.267. The van der Waals surface area contributed by atoms with Crippen molar-refractivity contribution in [3.63, 3.8) is 0 Å². The number of aliphatic hydroxyl groups excluding tert-OH is 2. The van der Waals surface area contributed by atoms with Crippen molar-refractivity contribution in [2.75, 3.05) is 50.2 Å². The lowest BCUT2D eigenvalue weighted by Gasteiger charge is -2.22. The first-order valence-corrected chi connectivity index (χ1v) is 17.6. The smallest absolute Gasteiger partial charge is 0.296 e. The molecule has 0 bridgehead atoms. The van der Waals surface area contributed by atoms with E-state index in [0.29, 0.717) is 24.2 Å². The molecule has 49 heavy (non-hydrogen) atoms. The standard InChI is InChI=1S/C30H36N6O11S2/c1-3-36(4-2)20-7-8-22(27(15-20)48(40,41)42)32-33-23-16-26(47-12-10-38)24(17-25(23)46-11-9-37)34-35-29-28(49(43,44)45)13-18-5-6-19(31)14-21(18)30(29)39/h5-8,13-17,37-39,43-45H,3-4,9-12,31H2,1-2H3,(H,40,41,42). The van der Waals surface area contributed by atoms with Crippen molar-refractivity contribution in [1.82, 2.24) is 0 Å². The highest BCUT2D eigenvalue weighted by molar-refractivity contribution is 8.19. The molecule has 0 atom stereocenters. The molecule has 0 unspecified atom stereocenters. The van der Waals surface area contributed by atoms with E-state index in [1.165, 1.54) is 48.5 Å². The number of fused-ring (bicyclic) bond motifs is 1. The molecule has 0 aliphatic rings. The number of rotatable bonds is 15. The summed E-state index contributed by atoms with van der Waals surface area (Å²) in [6, 6.07) is 12.4. The number of aromatic hydroxyl groups is 1. The van der Waals surface area contributed by atoms with E-state index in [1.54, 1.807) is 6.07 Å². The summed E-state index contributed by atoms with van der Waals surface area (Å²) in [5.74, 6) is -0.700. The van der Waals surface area contributed by atoms with Gasteiger partial charge in [0.15, 0.2) is 5.75 Å². The van der Waals surface area contributed by atoms with Gasteiger partial charge in [0.25, 0.3) is 10.1 Å². The van der Waals surface area contributed by atoms with Crippen LogP contribution in [0.1, 0.15) is 13.8 Å². The number of aliphatic hydroxyl groups is 2. The second-order valence-electron chi connectivity index (χ2n) is 10.2. The quantitative estimate of drug-likeness (QED) is 0.0377. The number of nitrogen functional groups attached to an aromatic ring is 1. The van der Waals surface area contributed by atoms with Crippen LogP contribution in [0.3, 0.4) is 0 Å². The maximum atomic E-state index is 12.3. The lowest BCUT2D eigenvalue weighted by atomic mass is 10.1. The van der Waals surface area contributed by atoms with Gasteiger partial charge in [-0.25, -0.2) is 0 Å². The van der Waals surface area contributed by atoms with E-state index in [9.17, 15) is 41.9 Å². The zero-order valence-electron chi connectivity index (χ0n) is 26.3. The van der Waals surface area contributed by atoms with Crippen LogP contribution in [0.5, 0.6) is 17.2 Å². The van der Waals surface area contributed by atoms with E-state index in [0.717, 1.165) is 0 Å². The Hall–Kier alpha value is -4.60. The summed E-state index contributed by atoms with van der Waals surface area (Å²) >= 11 is 0. The third kappa shape index (κ3) is 8.90. The third-order valence-corrected chi connectivity index (χ3v) is 8.77. The highest BCUT2D eigenvalue weighted by Gasteiger charge is 2.26. The van der Waals surface area contributed by atoms with E-state index >= 15 is 0 Å². The zero-order valence-corrected chi connectivity index (χ0v) is 28.0. The molecule has 0 radical (unpaired) electrons. The minimum absolute atomic E-state index is 0.0521. The number of phenols is 1. The summed E-state index contributed by atoms with van der Waals surface area (Å²) in [4.78, 5) is 0.837. The monoisotopic (exact) mass is 720 g/mol. The van der Waals surface area contributed by atoms with Gasteiger partial charge in [0.2, 0.25) is 0 Å². The van der Waals surface area contributed by atoms with E-state index in [1.807, 2.05) is 18.7 Å². The lowest BCUT2D eigenvalue weighted by Crippen LogP contribution is -2.22. The van der Waals surface area contributed by atoms with E-state index in [-0.39, 0.29) is 52.8 Å². The predicted molar refractivity (Wildman–Crippen MR) is 184 cm³/mol. The van der Waals surface area contributed by atoms with Crippen LogP contribution >= 0.6 is 10.9 Å². The molecule has 0 saturated carbocycles. The number of hydrogen-bond acceptors (Lipinski definition) is 16. The molecule has 4 rings (SSSR count). The Morgan fingerprint density at radius 3 is 1.84 bits per heavy atom. The van der Waals surface area contributed by atoms with Crippen LogP contribution in [0.4, 0.5) is 34.1 Å². The van der Waals surface area contributed by atoms with Crippen LogP contribution in [0.25, 0.3) is 10.8 Å². The van der Waals surface area contributed by atoms with Gasteiger partial charge >= 0.3 is 0 Å². The topological polar surface area (TPSA) is 273 Å². The minimum Gasteiger partial charge on any atom is -0.505 e. The van der Waals surface area contributed by atoms with Gasteiger partial charge in [-0.15, -0.1) is 20.5 Å². The van der Waals surface area contributed by atoms with Crippen molar-refractivity contribution < 1.29 is 51.4 Å². The maximum absolute atomic E-state index is 12.3. The molecule has 0 fully saturated rings. The van der Waals surface area contributed by atoms with E-state index in [2.05, 4.69) is 20.5 Å². The number of nitrogens with zero attached hydrogens (tertiary/aromatic N) is 5. The fourth-order valence-electron chi connectivity index (χ4n) is 4.69. The normalized spacial score (nSPS) is 12.7. The van der Waals surface area contributed by atoms with Crippen LogP contribution in [0, 0.1) is 0 Å². The number of phenolic OH excluding ortho intramolecular Hbond substituents is 1. The van der Waals surface area contributed by atoms with Gasteiger partial charge in [-0.05, 0) is 55.6 Å². The minimum atomic E-state index is -4.73. The summed E-state index contributed by atoms with van der Waals surface area (Å²) in [5, 5.41) is 46.6. The predicted octanol–water partition coefficient (Wildman–Crippen LogP) is 6.38. The van der Waals surface area contributed by atoms with Crippen molar-refractivity contribution >= 4 is 65.9 Å². The number of ether oxygens (including phenoxy) is 2. The van der Waals surface area contributed by atoms with Crippen molar-refractivity contribution in [3.05, 3.63) is 54.6 Å². The summed E-state index contributed by atoms with van der Waals surface area (Å²) in [5.41, 5.74) is 5.82. The highest BCUT2D eigenvalue weighted by Crippen LogP contribution is 2.54. The van der Waals surface area contributed by atoms with E-state index in [4.69, 9.17) is 15.2 Å². The summed E-state index contributed by atoms with van der Waals surface area (Å²) in [6.45, 7) is 3.62. The first-order chi connectivity index (χ1) is 23.2. The Labute approximate surface area is 282 Å². The second kappa shape index (κ2) is 15.7. The number of benzene rings is 4. The Bertz CT molecular complexity index is 1980. The molecule has 4 aromatic carbocycles. The van der Waals surface area contributed by atoms with Gasteiger partial charge < -0.3 is 49.1 Å². The zero-order chi connectivity index (χ0) is 35.9. The molecule has 17 nitrogen and oxygen atoms in total. The van der Waals surface area contributed by atoms with E-state index < -0.39 is 55.4 Å². The average Bonchev–Trinajstić information content (AvgIpc) is 3.05. The van der Waals surface area contributed by atoms with Crippen molar-refractivity contribution in [2.24, 2.45) is 20.5 Å². The molecule has 0 aliphatic heterocycles. The van der Waals surface area contributed by atoms with Gasteiger partial charge in [-0.3, -0.25) is 4.55 Å². The Morgan fingerprint density at radius 2 is 1.31 bits per heavy atom. The van der Waals surface area contributed by atoms with Crippen LogP contribution in [0.15, 0.2) is 84.8 Å². The number of hydrogen-bond donors (Lipinski definition) is 8. The Morgan fingerprint density at radius 1 is 0.735 bits per heavy atom. The Kier molecular flexibility index (Phi) is 12.0. The average molecular weight is 721 g/mol. The maximum Gasteiger partial charge on any atom is 0.296 e. The molecular formula is C30H36N6O11S2. The van der Waals surface area contributed by atoms with Crippen LogP contribution in [0.2, 0.25) is 0 Å². The molecule has 0 heterocycles. The SMILES string of the molecule is CCN(CC)c1ccc(N=Nc2cc(OCCO)c(N=Nc3c(S(O)(O)O)cc4ccc(N)cc4c3O)cc2OCCO)c(S(=O)(=O)O)c1. The molecule has 0 aliphatic carbocycles. The number of nitrogens with two attached hydrogens (primary N) is 1. The Balaban J connectivity index is 1.87. The van der Waals surface area contributed by atoms with Crippen LogP contribution in [-0.2, 0) is 10.1 Å². The van der Waals surface area contributed by atoms with Crippen LogP contribution in [-0.4, -0.2) is 81.5 Å². The summed E-state index contributed by atoms with van der Waals surface area (Å²) in [6.07, 6.45) is 0. The van der Waals surface area contributed by atoms with Crippen molar-refractivity contribution in [1.29, 1.82) is 0 Å². The molecule has 264 valence electrons. The molecule has 9 N–H and O–H groups in total. The molecule has 0 saturated heterocycles. The van der Waals surface area contributed by atoms with Crippen LogP contribution < -0.4 is 20.1 Å². The van der Waals surface area contributed by atoms with Gasteiger partial charge in [-0.1, -0.05) is 6.07 Å².